The molecule has 38 heavy (non-hydrogen) atoms. The van der Waals surface area contributed by atoms with E-state index in [0.717, 1.165) is 41.7 Å². The molecule has 1 aliphatic rings. The van der Waals surface area contributed by atoms with E-state index < -0.39 is 91.0 Å². The lowest BCUT2D eigenvalue weighted by atomic mass is 9.87. The highest BCUT2D eigenvalue weighted by Crippen LogP contribution is 2.37. The molecule has 0 saturated carbocycles. The molecule has 1 aliphatic heterocycles. The van der Waals surface area contributed by atoms with Crippen LogP contribution in [-0.4, -0.2) is 91.7 Å². The van der Waals surface area contributed by atoms with Gasteiger partial charge in [0, 0.05) is 41.0 Å². The lowest BCUT2D eigenvalue weighted by Crippen LogP contribution is -2.69. The molecule has 0 aromatic carbocycles. The molecular weight excluding hydrogens is 514 g/mol. The highest BCUT2D eigenvalue weighted by atomic mass is 16.8. The van der Waals surface area contributed by atoms with Gasteiger partial charge in [0.2, 0.25) is 5.91 Å². The van der Waals surface area contributed by atoms with Crippen LogP contribution in [0.3, 0.4) is 0 Å². The normalized spacial score (nSPS) is 24.0. The molecule has 15 heteroatoms. The second-order valence-electron chi connectivity index (χ2n) is 8.24. The van der Waals surface area contributed by atoms with Crippen LogP contribution in [0.5, 0.6) is 0 Å². The van der Waals surface area contributed by atoms with Gasteiger partial charge in [-0.05, 0) is 0 Å². The van der Waals surface area contributed by atoms with Gasteiger partial charge in [0.25, 0.3) is 0 Å². The first-order chi connectivity index (χ1) is 17.6. The lowest BCUT2D eigenvalue weighted by molar-refractivity contribution is -0.304. The van der Waals surface area contributed by atoms with Gasteiger partial charge < -0.3 is 38.5 Å². The third kappa shape index (κ3) is 9.28. The predicted octanol–water partition coefficient (Wildman–Crippen LogP) is -0.539. The molecule has 0 aromatic heterocycles. The molecule has 1 N–H and O–H groups in total. The third-order valence-corrected chi connectivity index (χ3v) is 5.08. The molecule has 0 bridgehead atoms. The number of nitrogens with one attached hydrogen (secondary N) is 1. The van der Waals surface area contributed by atoms with Gasteiger partial charge in [-0.25, -0.2) is 4.79 Å². The van der Waals surface area contributed by atoms with E-state index in [1.807, 2.05) is 0 Å². The summed E-state index contributed by atoms with van der Waals surface area (Å²) >= 11 is 0. The van der Waals surface area contributed by atoms with E-state index in [1.165, 1.54) is 6.92 Å². The Kier molecular flexibility index (Phi) is 12.1. The number of rotatable bonds is 11. The van der Waals surface area contributed by atoms with Gasteiger partial charge in [0.15, 0.2) is 12.2 Å². The van der Waals surface area contributed by atoms with Crippen LogP contribution in [0.1, 0.15) is 54.4 Å². The highest BCUT2D eigenvalue weighted by Gasteiger charge is 2.60. The Morgan fingerprint density at radius 1 is 0.895 bits per heavy atom. The van der Waals surface area contributed by atoms with Gasteiger partial charge in [-0.1, -0.05) is 6.92 Å². The fourth-order valence-electron chi connectivity index (χ4n) is 3.79. The van der Waals surface area contributed by atoms with Crippen molar-refractivity contribution in [1.82, 2.24) is 5.32 Å². The zero-order valence-electron chi connectivity index (χ0n) is 22.2. The minimum Gasteiger partial charge on any atom is -0.464 e. The predicted molar refractivity (Wildman–Crippen MR) is 122 cm³/mol. The molecule has 15 nitrogen and oxygen atoms in total. The number of methoxy groups -OCH3 is 1. The summed E-state index contributed by atoms with van der Waals surface area (Å²) in [5.41, 5.74) is 0. The Balaban J connectivity index is 3.86. The van der Waals surface area contributed by atoms with Crippen molar-refractivity contribution in [2.75, 3.05) is 13.7 Å². The van der Waals surface area contributed by atoms with E-state index >= 15 is 0 Å². The van der Waals surface area contributed by atoms with Crippen molar-refractivity contribution in [3.05, 3.63) is 0 Å². The zero-order valence-corrected chi connectivity index (χ0v) is 22.2. The topological polar surface area (TPSA) is 196 Å². The molecule has 1 amide bonds. The molecule has 1 fully saturated rings. The highest BCUT2D eigenvalue weighted by molar-refractivity contribution is 5.82. The molecule has 1 saturated heterocycles. The van der Waals surface area contributed by atoms with Crippen molar-refractivity contribution in [3.63, 3.8) is 0 Å². The average molecular weight is 548 g/mol. The van der Waals surface area contributed by atoms with Gasteiger partial charge in [0.05, 0.1) is 19.6 Å². The molecular formula is C23H33NO14. The lowest BCUT2D eigenvalue weighted by Gasteiger charge is -2.48. The standard InChI is InChI=1S/C23H33NO14/c1-8-18(30)24-19-16(34-12(3)26)9-23(22(31)32-7,37-15(6)29)38-21(19)20(36-14(5)28)17(35-13(4)27)10-33-11(2)25/h16-17,19-21H,8-10H2,1-7H3,(H,24,30)/t16-,17+,19+,20-,21+,23+/m0/s1. The Morgan fingerprint density at radius 2 is 1.50 bits per heavy atom. The van der Waals surface area contributed by atoms with E-state index in [1.54, 1.807) is 0 Å². The number of hydrogen-bond acceptors (Lipinski definition) is 14. The van der Waals surface area contributed by atoms with E-state index in [9.17, 15) is 33.6 Å². The first kappa shape index (κ1) is 32.3. The van der Waals surface area contributed by atoms with E-state index in [4.69, 9.17) is 33.2 Å². The van der Waals surface area contributed by atoms with Gasteiger partial charge in [-0.15, -0.1) is 0 Å². The molecule has 1 heterocycles. The van der Waals surface area contributed by atoms with E-state index in [-0.39, 0.29) is 6.42 Å². The SMILES string of the molecule is CCC(=O)N[C@H]1[C@H]([C@@H](OC(C)=O)[C@@H](COC(C)=O)OC(C)=O)O[C@@](OC(C)=O)(C(=O)OC)C[C@@H]1OC(C)=O. The number of esters is 6. The average Bonchev–Trinajstić information content (AvgIpc) is 2.79. The monoisotopic (exact) mass is 547 g/mol. The van der Waals surface area contributed by atoms with E-state index in [0.29, 0.717) is 0 Å². The van der Waals surface area contributed by atoms with Gasteiger partial charge >= 0.3 is 41.6 Å². The van der Waals surface area contributed by atoms with Crippen molar-refractivity contribution in [1.29, 1.82) is 0 Å². The van der Waals surface area contributed by atoms with Crippen molar-refractivity contribution >= 4 is 41.7 Å². The van der Waals surface area contributed by atoms with Crippen LogP contribution in [0.25, 0.3) is 0 Å². The quantitative estimate of drug-likeness (QED) is 0.256. The summed E-state index contributed by atoms with van der Waals surface area (Å²) in [5.74, 6) is -8.74. The maximum atomic E-state index is 12.9. The van der Waals surface area contributed by atoms with Gasteiger partial charge in [-0.3, -0.25) is 28.8 Å². The summed E-state index contributed by atoms with van der Waals surface area (Å²) < 4.78 is 36.8. The van der Waals surface area contributed by atoms with Crippen LogP contribution in [0, 0.1) is 0 Å². The fourth-order valence-corrected chi connectivity index (χ4v) is 3.79. The Labute approximate surface area is 218 Å². The van der Waals surface area contributed by atoms with Crippen molar-refractivity contribution in [2.24, 2.45) is 0 Å². The van der Waals surface area contributed by atoms with E-state index in [2.05, 4.69) is 5.32 Å². The van der Waals surface area contributed by atoms with Crippen molar-refractivity contribution in [2.45, 2.75) is 90.6 Å². The molecule has 6 atom stereocenters. The van der Waals surface area contributed by atoms with Crippen LogP contribution >= 0.6 is 0 Å². The number of carbonyl (C=O) groups is 7. The summed E-state index contributed by atoms with van der Waals surface area (Å²) in [5, 5.41) is 2.58. The number of hydrogen-bond donors (Lipinski definition) is 1. The molecule has 0 aliphatic carbocycles. The maximum absolute atomic E-state index is 12.9. The van der Waals surface area contributed by atoms with Gasteiger partial charge in [0.1, 0.15) is 18.8 Å². The summed E-state index contributed by atoms with van der Waals surface area (Å²) in [6.07, 6.45) is -7.01. The first-order valence-electron chi connectivity index (χ1n) is 11.6. The van der Waals surface area contributed by atoms with Crippen LogP contribution in [0.4, 0.5) is 0 Å². The molecule has 0 radical (unpaired) electrons. The third-order valence-electron chi connectivity index (χ3n) is 5.08. The number of carbonyl (C=O) groups excluding carboxylic acids is 7. The minimum absolute atomic E-state index is 0.0405. The summed E-state index contributed by atoms with van der Waals surface area (Å²) in [4.78, 5) is 84.8. The summed E-state index contributed by atoms with van der Waals surface area (Å²) in [6.45, 7) is 6.03. The van der Waals surface area contributed by atoms with Crippen molar-refractivity contribution < 1.29 is 66.7 Å². The van der Waals surface area contributed by atoms with Crippen LogP contribution in [0.15, 0.2) is 0 Å². The fraction of sp³-hybridized carbons (Fsp3) is 0.696. The smallest absolute Gasteiger partial charge is 0.379 e. The minimum atomic E-state index is -2.54. The van der Waals surface area contributed by atoms with Crippen LogP contribution in [-0.2, 0) is 66.7 Å². The molecule has 0 aromatic rings. The number of ether oxygens (including phenoxy) is 7. The second-order valence-corrected chi connectivity index (χ2v) is 8.24. The molecule has 214 valence electrons. The Morgan fingerprint density at radius 3 is 1.95 bits per heavy atom. The molecule has 0 spiro atoms. The number of amides is 1. The van der Waals surface area contributed by atoms with Crippen LogP contribution in [0.2, 0.25) is 0 Å². The summed E-state index contributed by atoms with van der Waals surface area (Å²) in [7, 11) is 0.976. The molecule has 0 unspecified atom stereocenters. The largest absolute Gasteiger partial charge is 0.464 e. The zero-order chi connectivity index (χ0) is 29.2. The molecule has 1 rings (SSSR count). The second kappa shape index (κ2) is 14.3. The summed E-state index contributed by atoms with van der Waals surface area (Å²) in [6, 6.07) is -1.35. The Hall–Kier alpha value is -3.75. The first-order valence-corrected chi connectivity index (χ1v) is 11.6. The Bertz CT molecular complexity index is 933. The van der Waals surface area contributed by atoms with Crippen molar-refractivity contribution in [3.8, 4) is 0 Å². The maximum Gasteiger partial charge on any atom is 0.379 e. The van der Waals surface area contributed by atoms with Crippen LogP contribution < -0.4 is 5.32 Å². The van der Waals surface area contributed by atoms with Gasteiger partial charge in [-0.2, -0.15) is 0 Å².